The molecule has 2 aromatic heterocycles. The van der Waals surface area contributed by atoms with Gasteiger partial charge in [-0.05, 0) is 17.7 Å². The number of nitrogens with one attached hydrogen (secondary N) is 1. The van der Waals surface area contributed by atoms with Crippen LogP contribution in [0.15, 0.2) is 72.9 Å². The topological polar surface area (TPSA) is 80.9 Å². The number of rotatable bonds is 4. The van der Waals surface area contributed by atoms with Gasteiger partial charge >= 0.3 is 0 Å². The molecule has 0 amide bonds. The normalized spacial score (nSPS) is 10.7. The van der Waals surface area contributed by atoms with Crippen LogP contribution in [0.25, 0.3) is 33.3 Å². The number of hydrazine groups is 1. The highest BCUT2D eigenvalue weighted by Gasteiger charge is 2.13. The molecule has 0 aliphatic heterocycles. The molecule has 0 aliphatic carbocycles. The standard InChI is InChI=1S/C21H16N4O/c22-25-21-18-12-17(15-4-2-1-3-5-15)20(24-19(18)10-11-23-21)16-8-6-14(13-26)7-9-16/h1-13H,22H2,(H,23,25). The van der Waals surface area contributed by atoms with Crippen molar-refractivity contribution in [2.24, 2.45) is 5.84 Å². The van der Waals surface area contributed by atoms with E-state index >= 15 is 0 Å². The van der Waals surface area contributed by atoms with Crippen molar-refractivity contribution in [3.05, 3.63) is 78.5 Å². The first-order valence-electron chi connectivity index (χ1n) is 8.17. The molecule has 3 N–H and O–H groups in total. The van der Waals surface area contributed by atoms with E-state index in [-0.39, 0.29) is 0 Å². The number of hydrogen-bond donors (Lipinski definition) is 2. The zero-order valence-corrected chi connectivity index (χ0v) is 13.9. The first-order valence-corrected chi connectivity index (χ1v) is 8.17. The van der Waals surface area contributed by atoms with Crippen LogP contribution in [0.1, 0.15) is 10.4 Å². The third-order valence-corrected chi connectivity index (χ3v) is 4.28. The number of fused-ring (bicyclic) bond motifs is 1. The second-order valence-corrected chi connectivity index (χ2v) is 5.86. The van der Waals surface area contributed by atoms with Crippen LogP contribution in [0, 0.1) is 0 Å². The van der Waals surface area contributed by atoms with Crippen molar-refractivity contribution in [3.8, 4) is 22.4 Å². The van der Waals surface area contributed by atoms with Crippen molar-refractivity contribution in [2.75, 3.05) is 5.43 Å². The van der Waals surface area contributed by atoms with Gasteiger partial charge in [0.15, 0.2) is 0 Å². The van der Waals surface area contributed by atoms with Crippen LogP contribution in [0.5, 0.6) is 0 Å². The number of hydrogen-bond acceptors (Lipinski definition) is 5. The number of nitrogen functional groups attached to an aromatic ring is 1. The van der Waals surface area contributed by atoms with Crippen LogP contribution in [-0.2, 0) is 0 Å². The Morgan fingerprint density at radius 3 is 2.38 bits per heavy atom. The Balaban J connectivity index is 2.01. The number of nitrogens with two attached hydrogens (primary N) is 1. The first-order chi connectivity index (χ1) is 12.8. The van der Waals surface area contributed by atoms with E-state index in [2.05, 4.69) is 10.4 Å². The van der Waals surface area contributed by atoms with Gasteiger partial charge in [-0.15, -0.1) is 0 Å². The maximum atomic E-state index is 10.9. The fourth-order valence-electron chi connectivity index (χ4n) is 2.99. The molecular formula is C21H16N4O. The third-order valence-electron chi connectivity index (χ3n) is 4.28. The molecule has 2 aromatic carbocycles. The molecule has 26 heavy (non-hydrogen) atoms. The summed E-state index contributed by atoms with van der Waals surface area (Å²) in [5, 5.41) is 0.849. The summed E-state index contributed by atoms with van der Waals surface area (Å²) in [6.07, 6.45) is 2.51. The summed E-state index contributed by atoms with van der Waals surface area (Å²) in [4.78, 5) is 20.1. The molecule has 126 valence electrons. The van der Waals surface area contributed by atoms with Gasteiger partial charge < -0.3 is 5.43 Å². The average molecular weight is 340 g/mol. The summed E-state index contributed by atoms with van der Waals surface area (Å²) in [6.45, 7) is 0. The van der Waals surface area contributed by atoms with E-state index < -0.39 is 0 Å². The van der Waals surface area contributed by atoms with Gasteiger partial charge in [0.2, 0.25) is 0 Å². The van der Waals surface area contributed by atoms with Crippen molar-refractivity contribution < 1.29 is 4.79 Å². The minimum Gasteiger partial charge on any atom is -0.308 e. The lowest BCUT2D eigenvalue weighted by Gasteiger charge is -2.13. The predicted molar refractivity (Wildman–Crippen MR) is 104 cm³/mol. The fourth-order valence-corrected chi connectivity index (χ4v) is 2.99. The zero-order valence-electron chi connectivity index (χ0n) is 13.9. The molecule has 0 bridgehead atoms. The summed E-state index contributed by atoms with van der Waals surface area (Å²) >= 11 is 0. The number of carbonyl (C=O) groups excluding carboxylic acids is 1. The second kappa shape index (κ2) is 6.74. The third kappa shape index (κ3) is 2.81. The maximum absolute atomic E-state index is 10.9. The summed E-state index contributed by atoms with van der Waals surface area (Å²) in [7, 11) is 0. The van der Waals surface area contributed by atoms with Gasteiger partial charge in [-0.25, -0.2) is 15.8 Å². The van der Waals surface area contributed by atoms with E-state index in [9.17, 15) is 4.79 Å². The van der Waals surface area contributed by atoms with Crippen LogP contribution in [0.2, 0.25) is 0 Å². The molecular weight excluding hydrogens is 324 g/mol. The molecule has 0 aliphatic rings. The summed E-state index contributed by atoms with van der Waals surface area (Å²) in [5.41, 5.74) is 7.86. The summed E-state index contributed by atoms with van der Waals surface area (Å²) in [5.74, 6) is 6.19. The van der Waals surface area contributed by atoms with E-state index in [0.717, 1.165) is 39.6 Å². The minimum atomic E-state index is 0.579. The monoisotopic (exact) mass is 340 g/mol. The lowest BCUT2D eigenvalue weighted by Crippen LogP contribution is -2.09. The lowest BCUT2D eigenvalue weighted by molar-refractivity contribution is 0.112. The van der Waals surface area contributed by atoms with E-state index in [1.807, 2.05) is 54.6 Å². The number of nitrogens with zero attached hydrogens (tertiary/aromatic N) is 2. The van der Waals surface area contributed by atoms with E-state index in [0.29, 0.717) is 11.4 Å². The van der Waals surface area contributed by atoms with Crippen molar-refractivity contribution in [3.63, 3.8) is 0 Å². The molecule has 2 heterocycles. The fraction of sp³-hybridized carbons (Fsp3) is 0. The highest BCUT2D eigenvalue weighted by Crippen LogP contribution is 2.34. The quantitative estimate of drug-likeness (QED) is 0.333. The maximum Gasteiger partial charge on any atom is 0.150 e. The van der Waals surface area contributed by atoms with E-state index in [1.165, 1.54) is 0 Å². The number of aldehydes is 1. The molecule has 0 fully saturated rings. The highest BCUT2D eigenvalue weighted by atomic mass is 16.1. The van der Waals surface area contributed by atoms with Gasteiger partial charge in [0, 0.05) is 28.3 Å². The van der Waals surface area contributed by atoms with Crippen molar-refractivity contribution in [1.29, 1.82) is 0 Å². The molecule has 4 aromatic rings. The smallest absolute Gasteiger partial charge is 0.150 e. The second-order valence-electron chi connectivity index (χ2n) is 5.86. The van der Waals surface area contributed by atoms with Gasteiger partial charge in [0.05, 0.1) is 11.2 Å². The molecule has 0 unspecified atom stereocenters. The Morgan fingerprint density at radius 2 is 1.69 bits per heavy atom. The largest absolute Gasteiger partial charge is 0.308 e. The molecule has 0 atom stereocenters. The molecule has 0 radical (unpaired) electrons. The SMILES string of the molecule is NNc1nccc2nc(-c3ccc(C=O)cc3)c(-c3ccccc3)cc12. The van der Waals surface area contributed by atoms with Crippen LogP contribution < -0.4 is 11.3 Å². The van der Waals surface area contributed by atoms with Crippen molar-refractivity contribution in [1.82, 2.24) is 9.97 Å². The van der Waals surface area contributed by atoms with Crippen LogP contribution in [-0.4, -0.2) is 16.3 Å². The Morgan fingerprint density at radius 1 is 0.923 bits per heavy atom. The first kappa shape index (κ1) is 15.9. The van der Waals surface area contributed by atoms with Crippen LogP contribution in [0.4, 0.5) is 5.82 Å². The predicted octanol–water partition coefficient (Wildman–Crippen LogP) is 4.06. The van der Waals surface area contributed by atoms with E-state index in [4.69, 9.17) is 10.8 Å². The lowest BCUT2D eigenvalue weighted by atomic mass is 9.97. The minimum absolute atomic E-state index is 0.579. The molecule has 0 saturated heterocycles. The van der Waals surface area contributed by atoms with Gasteiger partial charge in [-0.2, -0.15) is 0 Å². The molecule has 5 heteroatoms. The van der Waals surface area contributed by atoms with Gasteiger partial charge in [0.25, 0.3) is 0 Å². The van der Waals surface area contributed by atoms with Gasteiger partial charge in [-0.3, -0.25) is 4.79 Å². The Bertz CT molecular complexity index is 1080. The number of carbonyl (C=O) groups is 1. The number of benzene rings is 2. The molecule has 4 rings (SSSR count). The van der Waals surface area contributed by atoms with Crippen molar-refractivity contribution in [2.45, 2.75) is 0 Å². The molecule has 0 spiro atoms. The molecule has 5 nitrogen and oxygen atoms in total. The number of anilines is 1. The molecule has 0 saturated carbocycles. The highest BCUT2D eigenvalue weighted by molar-refractivity contribution is 5.96. The van der Waals surface area contributed by atoms with Gasteiger partial charge in [0.1, 0.15) is 12.1 Å². The number of pyridine rings is 2. The van der Waals surface area contributed by atoms with Gasteiger partial charge in [-0.1, -0.05) is 54.6 Å². The summed E-state index contributed by atoms with van der Waals surface area (Å²) < 4.78 is 0. The Hall–Kier alpha value is -3.57. The van der Waals surface area contributed by atoms with Crippen LogP contribution in [0.3, 0.4) is 0 Å². The van der Waals surface area contributed by atoms with E-state index in [1.54, 1.807) is 18.3 Å². The Labute approximate surface area is 150 Å². The number of aromatic nitrogens is 2. The average Bonchev–Trinajstić information content (AvgIpc) is 2.73. The van der Waals surface area contributed by atoms with Crippen molar-refractivity contribution >= 4 is 23.0 Å². The van der Waals surface area contributed by atoms with Crippen LogP contribution >= 0.6 is 0 Å². The Kier molecular flexibility index (Phi) is 4.13. The zero-order chi connectivity index (χ0) is 17.9. The summed E-state index contributed by atoms with van der Waals surface area (Å²) in [6, 6.07) is 21.3.